The minimum absolute atomic E-state index is 0.0181. The molecule has 2 aliphatic rings. The maximum Gasteiger partial charge on any atom is 0.245 e. The zero-order chi connectivity index (χ0) is 13.2. The van der Waals surface area contributed by atoms with Gasteiger partial charge in [-0.15, -0.1) is 0 Å². The molecular weight excluding hydrogens is 242 g/mol. The van der Waals surface area contributed by atoms with Gasteiger partial charge in [-0.2, -0.15) is 0 Å². The molecular formula is C14H17N3O2. The largest absolute Gasteiger partial charge is 0.344 e. The van der Waals surface area contributed by atoms with Gasteiger partial charge in [0.25, 0.3) is 0 Å². The summed E-state index contributed by atoms with van der Waals surface area (Å²) in [6, 6.07) is 3.86. The Labute approximate surface area is 112 Å². The van der Waals surface area contributed by atoms with Crippen LogP contribution in [0.2, 0.25) is 0 Å². The first-order chi connectivity index (χ1) is 9.24. The average molecular weight is 259 g/mol. The predicted molar refractivity (Wildman–Crippen MR) is 69.0 cm³/mol. The molecule has 19 heavy (non-hydrogen) atoms. The Balaban J connectivity index is 1.70. The number of aromatic nitrogens is 1. The van der Waals surface area contributed by atoms with Crippen molar-refractivity contribution in [2.24, 2.45) is 0 Å². The van der Waals surface area contributed by atoms with Gasteiger partial charge >= 0.3 is 0 Å². The van der Waals surface area contributed by atoms with E-state index in [0.717, 1.165) is 18.4 Å². The summed E-state index contributed by atoms with van der Waals surface area (Å²) >= 11 is 0. The van der Waals surface area contributed by atoms with Gasteiger partial charge < -0.3 is 10.2 Å². The van der Waals surface area contributed by atoms with E-state index in [1.807, 2.05) is 17.0 Å². The van der Waals surface area contributed by atoms with E-state index in [4.69, 9.17) is 0 Å². The lowest BCUT2D eigenvalue weighted by atomic mass is 10.1. The number of carbonyl (C=O) groups excluding carboxylic acids is 2. The molecule has 1 atom stereocenters. The molecule has 2 amide bonds. The topological polar surface area (TPSA) is 62.3 Å². The highest BCUT2D eigenvalue weighted by molar-refractivity contribution is 5.91. The third-order valence-corrected chi connectivity index (χ3v) is 3.64. The summed E-state index contributed by atoms with van der Waals surface area (Å²) in [6.07, 6.45) is 6.72. The van der Waals surface area contributed by atoms with E-state index in [-0.39, 0.29) is 17.9 Å². The number of carbonyl (C=O) groups is 2. The summed E-state index contributed by atoms with van der Waals surface area (Å²) in [5, 5.41) is 2.76. The van der Waals surface area contributed by atoms with Crippen molar-refractivity contribution in [3.8, 4) is 0 Å². The first-order valence-electron chi connectivity index (χ1n) is 6.73. The number of pyridine rings is 1. The number of amides is 2. The number of hydrogen-bond acceptors (Lipinski definition) is 3. The maximum atomic E-state index is 12.5. The normalized spacial score (nSPS) is 22.1. The summed E-state index contributed by atoms with van der Waals surface area (Å²) in [6.45, 7) is 0.587. The molecule has 2 fully saturated rings. The number of rotatable bonds is 4. The van der Waals surface area contributed by atoms with Gasteiger partial charge in [0.2, 0.25) is 11.8 Å². The van der Waals surface area contributed by atoms with Crippen LogP contribution < -0.4 is 5.32 Å². The third-order valence-electron chi connectivity index (χ3n) is 3.64. The summed E-state index contributed by atoms with van der Waals surface area (Å²) in [4.78, 5) is 29.7. The summed E-state index contributed by atoms with van der Waals surface area (Å²) in [5.74, 6) is 0.0349. The first kappa shape index (κ1) is 12.1. The van der Waals surface area contributed by atoms with Gasteiger partial charge in [-0.3, -0.25) is 14.6 Å². The van der Waals surface area contributed by atoms with Crippen LogP contribution >= 0.6 is 0 Å². The van der Waals surface area contributed by atoms with E-state index >= 15 is 0 Å². The Morgan fingerprint density at radius 2 is 2.26 bits per heavy atom. The van der Waals surface area contributed by atoms with Crippen molar-refractivity contribution < 1.29 is 9.59 Å². The Morgan fingerprint density at radius 3 is 2.84 bits per heavy atom. The van der Waals surface area contributed by atoms with Gasteiger partial charge in [0.15, 0.2) is 0 Å². The average Bonchev–Trinajstić information content (AvgIpc) is 3.18. The van der Waals surface area contributed by atoms with E-state index in [0.29, 0.717) is 25.4 Å². The molecule has 5 nitrogen and oxygen atoms in total. The van der Waals surface area contributed by atoms with E-state index in [1.54, 1.807) is 12.4 Å². The summed E-state index contributed by atoms with van der Waals surface area (Å²) in [7, 11) is 0. The lowest BCUT2D eigenvalue weighted by Gasteiger charge is -2.25. The van der Waals surface area contributed by atoms with Gasteiger partial charge in [0.1, 0.15) is 6.04 Å². The highest BCUT2D eigenvalue weighted by atomic mass is 16.2. The maximum absolute atomic E-state index is 12.5. The zero-order valence-corrected chi connectivity index (χ0v) is 10.7. The van der Waals surface area contributed by atoms with E-state index in [2.05, 4.69) is 10.3 Å². The second-order valence-electron chi connectivity index (χ2n) is 5.22. The molecule has 1 aliphatic heterocycles. The highest BCUT2D eigenvalue weighted by Crippen LogP contribution is 2.29. The van der Waals surface area contributed by atoms with Crippen molar-refractivity contribution in [2.75, 3.05) is 0 Å². The molecule has 1 aromatic rings. The van der Waals surface area contributed by atoms with Crippen molar-refractivity contribution in [2.45, 2.75) is 44.3 Å². The van der Waals surface area contributed by atoms with Crippen LogP contribution in [0.5, 0.6) is 0 Å². The first-order valence-corrected chi connectivity index (χ1v) is 6.73. The van der Waals surface area contributed by atoms with Gasteiger partial charge in [0, 0.05) is 31.4 Å². The summed E-state index contributed by atoms with van der Waals surface area (Å²) < 4.78 is 0. The molecule has 2 heterocycles. The van der Waals surface area contributed by atoms with Crippen LogP contribution in [0.25, 0.3) is 0 Å². The smallest absolute Gasteiger partial charge is 0.245 e. The van der Waals surface area contributed by atoms with Crippen molar-refractivity contribution in [3.63, 3.8) is 0 Å². The second-order valence-corrected chi connectivity index (χ2v) is 5.22. The van der Waals surface area contributed by atoms with Crippen LogP contribution in [0.1, 0.15) is 31.2 Å². The molecule has 1 saturated heterocycles. The number of hydrogen-bond donors (Lipinski definition) is 1. The molecule has 5 heteroatoms. The minimum Gasteiger partial charge on any atom is -0.344 e. The van der Waals surface area contributed by atoms with Crippen LogP contribution in [-0.4, -0.2) is 33.8 Å². The van der Waals surface area contributed by atoms with Gasteiger partial charge in [-0.25, -0.2) is 0 Å². The van der Waals surface area contributed by atoms with Crippen LogP contribution in [0, 0.1) is 0 Å². The van der Waals surface area contributed by atoms with Crippen LogP contribution in [-0.2, 0) is 16.1 Å². The molecule has 1 aromatic heterocycles. The molecule has 3 rings (SSSR count). The number of nitrogens with zero attached hydrogens (tertiary/aromatic N) is 2. The fourth-order valence-corrected chi connectivity index (χ4v) is 2.46. The lowest BCUT2D eigenvalue weighted by molar-refractivity contribution is -0.135. The van der Waals surface area contributed by atoms with Crippen molar-refractivity contribution in [1.29, 1.82) is 0 Å². The third kappa shape index (κ3) is 2.75. The summed E-state index contributed by atoms with van der Waals surface area (Å²) in [5.41, 5.74) is 1.03. The molecule has 0 spiro atoms. The molecule has 100 valence electrons. The lowest BCUT2D eigenvalue weighted by Crippen LogP contribution is -2.45. The highest BCUT2D eigenvalue weighted by Gasteiger charge is 2.38. The quantitative estimate of drug-likeness (QED) is 0.872. The zero-order valence-electron chi connectivity index (χ0n) is 10.7. The van der Waals surface area contributed by atoms with E-state index in [1.165, 1.54) is 0 Å². The van der Waals surface area contributed by atoms with Crippen molar-refractivity contribution in [3.05, 3.63) is 30.1 Å². The van der Waals surface area contributed by atoms with Gasteiger partial charge in [-0.1, -0.05) is 6.07 Å². The van der Waals surface area contributed by atoms with Crippen LogP contribution in [0.4, 0.5) is 0 Å². The molecule has 0 radical (unpaired) electrons. The van der Waals surface area contributed by atoms with Crippen molar-refractivity contribution >= 4 is 11.8 Å². The SMILES string of the molecule is O=C1CCC(C(=O)N(Cc2cccnc2)C2CC2)N1. The second kappa shape index (κ2) is 4.99. The van der Waals surface area contributed by atoms with Crippen molar-refractivity contribution in [1.82, 2.24) is 15.2 Å². The molecule has 1 unspecified atom stereocenters. The Morgan fingerprint density at radius 1 is 1.42 bits per heavy atom. The number of nitrogens with one attached hydrogen (secondary N) is 1. The molecule has 1 saturated carbocycles. The fourth-order valence-electron chi connectivity index (χ4n) is 2.46. The fraction of sp³-hybridized carbons (Fsp3) is 0.500. The Hall–Kier alpha value is -1.91. The van der Waals surface area contributed by atoms with Crippen LogP contribution in [0.3, 0.4) is 0 Å². The predicted octanol–water partition coefficient (Wildman–Crippen LogP) is 0.851. The molecule has 1 aliphatic carbocycles. The Kier molecular flexibility index (Phi) is 3.19. The molecule has 0 aromatic carbocycles. The van der Waals surface area contributed by atoms with Crippen LogP contribution in [0.15, 0.2) is 24.5 Å². The molecule has 1 N–H and O–H groups in total. The Bertz CT molecular complexity index is 485. The van der Waals surface area contributed by atoms with Gasteiger partial charge in [-0.05, 0) is 30.9 Å². The van der Waals surface area contributed by atoms with E-state index < -0.39 is 0 Å². The van der Waals surface area contributed by atoms with E-state index in [9.17, 15) is 9.59 Å². The monoisotopic (exact) mass is 259 g/mol. The van der Waals surface area contributed by atoms with Gasteiger partial charge in [0.05, 0.1) is 0 Å². The minimum atomic E-state index is -0.329. The molecule has 0 bridgehead atoms. The standard InChI is InChI=1S/C14H17N3O2/c18-13-6-5-12(16-13)14(19)17(11-3-4-11)9-10-2-1-7-15-8-10/h1-2,7-8,11-12H,3-6,9H2,(H,16,18).